The lowest BCUT2D eigenvalue weighted by molar-refractivity contribution is -0.254. The number of anilines is 3. The van der Waals surface area contributed by atoms with Gasteiger partial charge in [-0.05, 0) is 49.1 Å². The fourth-order valence-electron chi connectivity index (χ4n) is 3.38. The summed E-state index contributed by atoms with van der Waals surface area (Å²) in [6.07, 6.45) is 5.13. The Labute approximate surface area is 143 Å². The van der Waals surface area contributed by atoms with Gasteiger partial charge in [0.25, 0.3) is 0 Å². The van der Waals surface area contributed by atoms with Gasteiger partial charge >= 0.3 is 0 Å². The first-order chi connectivity index (χ1) is 11.7. The first-order valence-electron chi connectivity index (χ1n) is 8.65. The van der Waals surface area contributed by atoms with Crippen molar-refractivity contribution < 1.29 is 5.73 Å². The standard InChI is InChI=1S/C20H24N4/c1-14-5-2-3-8-19(14)23-18-10-9-15(13-21)20(12-18)24-17-7-4-6-16(22)11-17/h4,6-7,9-12,14,19,23-24H,2-3,5,8,22H2,1H3/p+1/t14-,19+/m0/s1. The number of hydrogen-bond acceptors (Lipinski definition) is 3. The van der Waals surface area contributed by atoms with Crippen molar-refractivity contribution in [1.29, 1.82) is 5.26 Å². The summed E-state index contributed by atoms with van der Waals surface area (Å²) < 4.78 is 0. The number of nitriles is 1. The molecule has 24 heavy (non-hydrogen) atoms. The summed E-state index contributed by atoms with van der Waals surface area (Å²) in [5, 5.41) is 16.4. The molecule has 0 radical (unpaired) electrons. The van der Waals surface area contributed by atoms with E-state index in [0.717, 1.165) is 22.7 Å². The topological polar surface area (TPSA) is 75.5 Å². The van der Waals surface area contributed by atoms with Gasteiger partial charge in [0, 0.05) is 23.5 Å². The molecule has 2 aromatic rings. The minimum atomic E-state index is 0.516. The van der Waals surface area contributed by atoms with E-state index in [2.05, 4.69) is 29.4 Å². The lowest BCUT2D eigenvalue weighted by Gasteiger charge is -2.30. The normalized spacial score (nSPS) is 20.2. The van der Waals surface area contributed by atoms with Crippen LogP contribution in [0.15, 0.2) is 42.5 Å². The number of rotatable bonds is 4. The van der Waals surface area contributed by atoms with Crippen molar-refractivity contribution in [2.45, 2.75) is 38.6 Å². The molecule has 0 amide bonds. The SMILES string of the molecule is C[C@H]1CCCC[C@H]1Nc1ccc(C#N)c(Nc2cccc([NH3+])c2)c1. The molecule has 1 aliphatic rings. The molecule has 1 saturated carbocycles. The van der Waals surface area contributed by atoms with Crippen LogP contribution >= 0.6 is 0 Å². The molecule has 3 rings (SSSR count). The highest BCUT2D eigenvalue weighted by Gasteiger charge is 2.21. The third-order valence-corrected chi connectivity index (χ3v) is 4.81. The van der Waals surface area contributed by atoms with E-state index in [-0.39, 0.29) is 0 Å². The van der Waals surface area contributed by atoms with E-state index >= 15 is 0 Å². The first kappa shape index (κ1) is 16.4. The Morgan fingerprint density at radius 2 is 1.92 bits per heavy atom. The molecule has 4 nitrogen and oxygen atoms in total. The summed E-state index contributed by atoms with van der Waals surface area (Å²) in [6.45, 7) is 2.32. The van der Waals surface area contributed by atoms with Crippen molar-refractivity contribution in [3.8, 4) is 6.07 Å². The van der Waals surface area contributed by atoms with Crippen LogP contribution in [0, 0.1) is 17.2 Å². The van der Waals surface area contributed by atoms with Gasteiger partial charge in [-0.1, -0.05) is 25.8 Å². The monoisotopic (exact) mass is 321 g/mol. The van der Waals surface area contributed by atoms with Crippen molar-refractivity contribution >= 4 is 22.7 Å². The average Bonchev–Trinajstić information content (AvgIpc) is 2.57. The van der Waals surface area contributed by atoms with E-state index in [1.165, 1.54) is 25.7 Å². The third kappa shape index (κ3) is 3.87. The van der Waals surface area contributed by atoms with Crippen molar-refractivity contribution in [2.75, 3.05) is 10.6 Å². The van der Waals surface area contributed by atoms with Gasteiger partial charge in [0.15, 0.2) is 0 Å². The van der Waals surface area contributed by atoms with Crippen LogP contribution in [0.1, 0.15) is 38.2 Å². The molecule has 2 aromatic carbocycles. The van der Waals surface area contributed by atoms with E-state index in [9.17, 15) is 5.26 Å². The van der Waals surface area contributed by atoms with E-state index in [1.807, 2.05) is 42.5 Å². The fraction of sp³-hybridized carbons (Fsp3) is 0.350. The number of nitrogens with one attached hydrogen (secondary N) is 2. The van der Waals surface area contributed by atoms with E-state index in [0.29, 0.717) is 17.5 Å². The predicted molar refractivity (Wildman–Crippen MR) is 98.5 cm³/mol. The summed E-state index contributed by atoms with van der Waals surface area (Å²) in [6, 6.07) is 16.6. The van der Waals surface area contributed by atoms with Crippen LogP contribution in [-0.4, -0.2) is 6.04 Å². The third-order valence-electron chi connectivity index (χ3n) is 4.81. The molecule has 4 heteroatoms. The van der Waals surface area contributed by atoms with Crippen LogP contribution in [0.5, 0.6) is 0 Å². The number of nitrogens with zero attached hydrogens (tertiary/aromatic N) is 1. The summed E-state index contributed by atoms with van der Waals surface area (Å²) >= 11 is 0. The van der Waals surface area contributed by atoms with Crippen LogP contribution in [0.2, 0.25) is 0 Å². The molecule has 0 heterocycles. The number of benzene rings is 2. The molecular weight excluding hydrogens is 296 g/mol. The van der Waals surface area contributed by atoms with E-state index in [4.69, 9.17) is 0 Å². The lowest BCUT2D eigenvalue weighted by atomic mass is 9.86. The molecule has 0 spiro atoms. The van der Waals surface area contributed by atoms with Gasteiger partial charge in [-0.3, -0.25) is 0 Å². The van der Waals surface area contributed by atoms with Gasteiger partial charge in [0.2, 0.25) is 0 Å². The Hall–Kier alpha value is -2.51. The number of quaternary nitrogens is 1. The molecule has 0 unspecified atom stereocenters. The van der Waals surface area contributed by atoms with Gasteiger partial charge in [-0.15, -0.1) is 0 Å². The first-order valence-corrected chi connectivity index (χ1v) is 8.65. The van der Waals surface area contributed by atoms with Crippen LogP contribution in [0.25, 0.3) is 0 Å². The molecule has 1 fully saturated rings. The van der Waals surface area contributed by atoms with Gasteiger partial charge in [0.05, 0.1) is 11.3 Å². The minimum absolute atomic E-state index is 0.516. The summed E-state index contributed by atoms with van der Waals surface area (Å²) in [5.74, 6) is 0.689. The van der Waals surface area contributed by atoms with Gasteiger partial charge < -0.3 is 16.4 Å². The largest absolute Gasteiger partial charge is 0.382 e. The molecule has 5 N–H and O–H groups in total. The molecule has 0 bridgehead atoms. The Morgan fingerprint density at radius 1 is 1.08 bits per heavy atom. The zero-order valence-corrected chi connectivity index (χ0v) is 14.2. The Kier molecular flexibility index (Phi) is 5.02. The second-order valence-corrected chi connectivity index (χ2v) is 6.71. The summed E-state index contributed by atoms with van der Waals surface area (Å²) in [5.41, 5.74) is 8.39. The maximum absolute atomic E-state index is 9.38. The molecule has 0 saturated heterocycles. The summed E-state index contributed by atoms with van der Waals surface area (Å²) in [7, 11) is 0. The highest BCUT2D eigenvalue weighted by molar-refractivity contribution is 5.72. The maximum Gasteiger partial charge on any atom is 0.130 e. The molecule has 1 aliphatic carbocycles. The second kappa shape index (κ2) is 7.37. The van der Waals surface area contributed by atoms with Crippen molar-refractivity contribution in [1.82, 2.24) is 0 Å². The second-order valence-electron chi connectivity index (χ2n) is 6.71. The van der Waals surface area contributed by atoms with Gasteiger partial charge in [0.1, 0.15) is 11.8 Å². The highest BCUT2D eigenvalue weighted by Crippen LogP contribution is 2.29. The fourth-order valence-corrected chi connectivity index (χ4v) is 3.38. The van der Waals surface area contributed by atoms with Crippen LogP contribution in [0.3, 0.4) is 0 Å². The van der Waals surface area contributed by atoms with Gasteiger partial charge in [-0.25, -0.2) is 0 Å². The van der Waals surface area contributed by atoms with Crippen LogP contribution in [0.4, 0.5) is 22.7 Å². The van der Waals surface area contributed by atoms with Crippen LogP contribution in [-0.2, 0) is 0 Å². The maximum atomic E-state index is 9.38. The lowest BCUT2D eigenvalue weighted by Crippen LogP contribution is -2.39. The quantitative estimate of drug-likeness (QED) is 0.791. The number of hydrogen-bond donors (Lipinski definition) is 3. The highest BCUT2D eigenvalue weighted by atomic mass is 14.9. The molecule has 0 aliphatic heterocycles. The smallest absolute Gasteiger partial charge is 0.130 e. The summed E-state index contributed by atoms with van der Waals surface area (Å²) in [4.78, 5) is 0. The van der Waals surface area contributed by atoms with Crippen molar-refractivity contribution in [2.24, 2.45) is 5.92 Å². The molecule has 0 aromatic heterocycles. The Bertz CT molecular complexity index is 748. The zero-order valence-electron chi connectivity index (χ0n) is 14.2. The average molecular weight is 321 g/mol. The molecular formula is C20H25N4+. The van der Waals surface area contributed by atoms with Crippen molar-refractivity contribution in [3.05, 3.63) is 48.0 Å². The Morgan fingerprint density at radius 3 is 2.67 bits per heavy atom. The van der Waals surface area contributed by atoms with Crippen LogP contribution < -0.4 is 16.4 Å². The van der Waals surface area contributed by atoms with E-state index in [1.54, 1.807) is 0 Å². The minimum Gasteiger partial charge on any atom is -0.382 e. The molecule has 2 atom stereocenters. The molecule has 124 valence electrons. The predicted octanol–water partition coefficient (Wildman–Crippen LogP) is 4.17. The zero-order chi connectivity index (χ0) is 16.9. The van der Waals surface area contributed by atoms with Gasteiger partial charge in [-0.2, -0.15) is 5.26 Å². The van der Waals surface area contributed by atoms with Crippen molar-refractivity contribution in [3.63, 3.8) is 0 Å². The Balaban J connectivity index is 1.81. The van der Waals surface area contributed by atoms with E-state index < -0.39 is 0 Å².